The van der Waals surface area contributed by atoms with E-state index in [0.717, 1.165) is 39.8 Å². The van der Waals surface area contributed by atoms with Crippen LogP contribution in [-0.4, -0.2) is 24.1 Å². The first-order valence-corrected chi connectivity index (χ1v) is 6.24. The second-order valence-electron chi connectivity index (χ2n) is 4.55. The molecule has 0 amide bonds. The highest BCUT2D eigenvalue weighted by molar-refractivity contribution is 5.77. The normalized spacial score (nSPS) is 10.4. The van der Waals surface area contributed by atoms with Gasteiger partial charge in [-0.15, -0.1) is 0 Å². The predicted molar refractivity (Wildman–Crippen MR) is 77.8 cm³/mol. The minimum absolute atomic E-state index is 0.770. The van der Waals surface area contributed by atoms with Crippen LogP contribution < -0.4 is 10.1 Å². The van der Waals surface area contributed by atoms with E-state index in [2.05, 4.69) is 28.3 Å². The topological polar surface area (TPSA) is 47.0 Å². The first kappa shape index (κ1) is 13.3. The van der Waals surface area contributed by atoms with Crippen LogP contribution in [0.5, 0.6) is 5.75 Å². The molecule has 0 unspecified atom stereocenters. The largest absolute Gasteiger partial charge is 0.496 e. The molecule has 2 aromatic rings. The maximum absolute atomic E-state index is 5.43. The van der Waals surface area contributed by atoms with Crippen molar-refractivity contribution < 1.29 is 4.74 Å². The lowest BCUT2D eigenvalue weighted by Gasteiger charge is -2.14. The fraction of sp³-hybridized carbons (Fsp3) is 0.333. The van der Waals surface area contributed by atoms with Gasteiger partial charge in [0.25, 0.3) is 0 Å². The SMILES string of the molecule is CNc1nc(C)c(C)nc1-c1cc(C)ccc1OC. The molecule has 0 aliphatic rings. The highest BCUT2D eigenvalue weighted by Crippen LogP contribution is 2.33. The molecule has 0 saturated carbocycles. The molecule has 0 bridgehead atoms. The number of nitrogens with zero attached hydrogens (tertiary/aromatic N) is 2. The molecule has 19 heavy (non-hydrogen) atoms. The highest BCUT2D eigenvalue weighted by atomic mass is 16.5. The molecule has 0 saturated heterocycles. The Morgan fingerprint density at radius 1 is 1.05 bits per heavy atom. The van der Waals surface area contributed by atoms with E-state index in [-0.39, 0.29) is 0 Å². The first-order chi connectivity index (χ1) is 9.06. The number of ether oxygens (including phenoxy) is 1. The van der Waals surface area contributed by atoms with Crippen molar-refractivity contribution in [3.63, 3.8) is 0 Å². The minimum atomic E-state index is 0.770. The number of methoxy groups -OCH3 is 1. The molecule has 1 N–H and O–H groups in total. The van der Waals surface area contributed by atoms with Crippen molar-refractivity contribution in [2.24, 2.45) is 0 Å². The van der Waals surface area contributed by atoms with Crippen LogP contribution in [0.3, 0.4) is 0 Å². The molecule has 0 spiro atoms. The average Bonchev–Trinajstić information content (AvgIpc) is 2.41. The summed E-state index contributed by atoms with van der Waals surface area (Å²) in [5.74, 6) is 1.58. The Bertz CT molecular complexity index is 609. The van der Waals surface area contributed by atoms with Crippen LogP contribution in [0.25, 0.3) is 11.3 Å². The Hall–Kier alpha value is -2.10. The molecular formula is C15H19N3O. The molecular weight excluding hydrogens is 238 g/mol. The first-order valence-electron chi connectivity index (χ1n) is 6.24. The molecule has 4 nitrogen and oxygen atoms in total. The third kappa shape index (κ3) is 2.52. The fourth-order valence-corrected chi connectivity index (χ4v) is 1.97. The van der Waals surface area contributed by atoms with Crippen molar-refractivity contribution in [1.29, 1.82) is 0 Å². The quantitative estimate of drug-likeness (QED) is 0.917. The fourth-order valence-electron chi connectivity index (χ4n) is 1.97. The molecule has 1 heterocycles. The Morgan fingerprint density at radius 2 is 1.74 bits per heavy atom. The summed E-state index contributed by atoms with van der Waals surface area (Å²) in [5, 5.41) is 3.10. The number of rotatable bonds is 3. The smallest absolute Gasteiger partial charge is 0.152 e. The third-order valence-corrected chi connectivity index (χ3v) is 3.15. The summed E-state index contributed by atoms with van der Waals surface area (Å²) in [7, 11) is 3.52. The molecule has 4 heteroatoms. The van der Waals surface area contributed by atoms with Crippen LogP contribution in [-0.2, 0) is 0 Å². The number of aryl methyl sites for hydroxylation is 3. The lowest BCUT2D eigenvalue weighted by molar-refractivity contribution is 0.416. The highest BCUT2D eigenvalue weighted by Gasteiger charge is 2.14. The van der Waals surface area contributed by atoms with Crippen molar-refractivity contribution >= 4 is 5.82 Å². The number of nitrogens with one attached hydrogen (secondary N) is 1. The molecule has 100 valence electrons. The van der Waals surface area contributed by atoms with Gasteiger partial charge in [-0.1, -0.05) is 11.6 Å². The number of aromatic nitrogens is 2. The van der Waals surface area contributed by atoms with Crippen LogP contribution >= 0.6 is 0 Å². The van der Waals surface area contributed by atoms with Gasteiger partial charge in [0.1, 0.15) is 11.4 Å². The molecule has 2 rings (SSSR count). The summed E-state index contributed by atoms with van der Waals surface area (Å²) >= 11 is 0. The van der Waals surface area contributed by atoms with Gasteiger partial charge in [-0.2, -0.15) is 0 Å². The predicted octanol–water partition coefficient (Wildman–Crippen LogP) is 3.12. The zero-order valence-electron chi connectivity index (χ0n) is 12.0. The summed E-state index contributed by atoms with van der Waals surface area (Å²) in [5.41, 5.74) is 4.81. The van der Waals surface area contributed by atoms with Gasteiger partial charge in [-0.05, 0) is 32.9 Å². The van der Waals surface area contributed by atoms with Gasteiger partial charge >= 0.3 is 0 Å². The van der Waals surface area contributed by atoms with Crippen LogP contribution in [0, 0.1) is 20.8 Å². The van der Waals surface area contributed by atoms with Crippen molar-refractivity contribution in [2.45, 2.75) is 20.8 Å². The summed E-state index contributed by atoms with van der Waals surface area (Å²) in [6.45, 7) is 5.98. The Morgan fingerprint density at radius 3 is 2.37 bits per heavy atom. The van der Waals surface area contributed by atoms with Gasteiger partial charge in [0, 0.05) is 12.6 Å². The van der Waals surface area contributed by atoms with E-state index in [9.17, 15) is 0 Å². The van der Waals surface area contributed by atoms with Gasteiger partial charge in [0.15, 0.2) is 5.82 Å². The van der Waals surface area contributed by atoms with E-state index in [1.54, 1.807) is 7.11 Å². The third-order valence-electron chi connectivity index (χ3n) is 3.15. The molecule has 1 aromatic carbocycles. The summed E-state index contributed by atoms with van der Waals surface area (Å²) in [4.78, 5) is 9.20. The lowest BCUT2D eigenvalue weighted by atomic mass is 10.1. The van der Waals surface area contributed by atoms with Crippen molar-refractivity contribution in [3.05, 3.63) is 35.2 Å². The molecule has 1 aromatic heterocycles. The van der Waals surface area contributed by atoms with Gasteiger partial charge in [-0.25, -0.2) is 9.97 Å². The van der Waals surface area contributed by atoms with Gasteiger partial charge in [-0.3, -0.25) is 0 Å². The minimum Gasteiger partial charge on any atom is -0.496 e. The maximum Gasteiger partial charge on any atom is 0.152 e. The van der Waals surface area contributed by atoms with E-state index in [1.165, 1.54) is 0 Å². The number of hydrogen-bond acceptors (Lipinski definition) is 4. The van der Waals surface area contributed by atoms with Crippen LogP contribution in [0.1, 0.15) is 17.0 Å². The van der Waals surface area contributed by atoms with Gasteiger partial charge in [0.05, 0.1) is 18.5 Å². The van der Waals surface area contributed by atoms with Crippen LogP contribution in [0.2, 0.25) is 0 Å². The van der Waals surface area contributed by atoms with Crippen molar-refractivity contribution in [2.75, 3.05) is 19.5 Å². The molecule has 0 aliphatic heterocycles. The zero-order valence-corrected chi connectivity index (χ0v) is 12.0. The van der Waals surface area contributed by atoms with E-state index < -0.39 is 0 Å². The van der Waals surface area contributed by atoms with Crippen molar-refractivity contribution in [3.8, 4) is 17.0 Å². The van der Waals surface area contributed by atoms with E-state index in [0.29, 0.717) is 0 Å². The standard InChI is InChI=1S/C15H19N3O/c1-9-6-7-13(19-5)12(8-9)14-15(16-4)18-11(3)10(2)17-14/h6-8H,1-5H3,(H,16,18). The summed E-state index contributed by atoms with van der Waals surface area (Å²) in [6, 6.07) is 6.05. The number of benzene rings is 1. The average molecular weight is 257 g/mol. The summed E-state index contributed by atoms with van der Waals surface area (Å²) in [6.07, 6.45) is 0. The Balaban J connectivity index is 2.70. The van der Waals surface area contributed by atoms with Gasteiger partial charge in [0.2, 0.25) is 0 Å². The second kappa shape index (κ2) is 5.26. The molecule has 0 aliphatic carbocycles. The molecule has 0 atom stereocenters. The molecule has 0 radical (unpaired) electrons. The van der Waals surface area contributed by atoms with E-state index in [4.69, 9.17) is 4.74 Å². The summed E-state index contributed by atoms with van der Waals surface area (Å²) < 4.78 is 5.43. The van der Waals surface area contributed by atoms with E-state index in [1.807, 2.05) is 33.0 Å². The van der Waals surface area contributed by atoms with Crippen LogP contribution in [0.15, 0.2) is 18.2 Å². The Labute approximate surface area is 113 Å². The van der Waals surface area contributed by atoms with E-state index >= 15 is 0 Å². The maximum atomic E-state index is 5.43. The monoisotopic (exact) mass is 257 g/mol. The number of anilines is 1. The second-order valence-corrected chi connectivity index (χ2v) is 4.55. The van der Waals surface area contributed by atoms with Gasteiger partial charge < -0.3 is 10.1 Å². The van der Waals surface area contributed by atoms with Crippen LogP contribution in [0.4, 0.5) is 5.82 Å². The lowest BCUT2D eigenvalue weighted by Crippen LogP contribution is -2.03. The zero-order chi connectivity index (χ0) is 14.0. The Kier molecular flexibility index (Phi) is 3.69. The number of hydrogen-bond donors (Lipinski definition) is 1. The van der Waals surface area contributed by atoms with Crippen molar-refractivity contribution in [1.82, 2.24) is 9.97 Å². The molecule has 0 fully saturated rings.